The van der Waals surface area contributed by atoms with Gasteiger partial charge in [-0.25, -0.2) is 9.97 Å². The predicted molar refractivity (Wildman–Crippen MR) is 97.3 cm³/mol. The molecule has 136 valence electrons. The van der Waals surface area contributed by atoms with Gasteiger partial charge in [0.1, 0.15) is 17.8 Å². The summed E-state index contributed by atoms with van der Waals surface area (Å²) >= 11 is 0. The zero-order valence-corrected chi connectivity index (χ0v) is 14.4. The number of anilines is 1. The minimum absolute atomic E-state index is 0.223. The molecule has 1 amide bonds. The highest BCUT2D eigenvalue weighted by Crippen LogP contribution is 2.32. The molecule has 0 aliphatic carbocycles. The average molecular weight is 363 g/mol. The number of aromatic nitrogens is 3. The number of pyridine rings is 1. The molecule has 3 heterocycles. The Morgan fingerprint density at radius 3 is 2.85 bits per heavy atom. The van der Waals surface area contributed by atoms with Crippen LogP contribution in [0.25, 0.3) is 0 Å². The Hall–Kier alpha value is -3.68. The number of carbonyl (C=O) groups is 1. The van der Waals surface area contributed by atoms with Crippen molar-refractivity contribution in [2.75, 3.05) is 12.1 Å². The van der Waals surface area contributed by atoms with Crippen LogP contribution in [0, 0.1) is 0 Å². The van der Waals surface area contributed by atoms with E-state index in [1.54, 1.807) is 18.5 Å². The molecule has 0 atom stereocenters. The molecule has 2 N–H and O–H groups in total. The summed E-state index contributed by atoms with van der Waals surface area (Å²) < 4.78 is 10.6. The van der Waals surface area contributed by atoms with Crippen LogP contribution >= 0.6 is 0 Å². The molecule has 27 heavy (non-hydrogen) atoms. The third-order valence-electron chi connectivity index (χ3n) is 3.99. The zero-order chi connectivity index (χ0) is 18.5. The van der Waals surface area contributed by atoms with E-state index in [4.69, 9.17) is 9.47 Å². The van der Waals surface area contributed by atoms with Crippen molar-refractivity contribution in [3.63, 3.8) is 0 Å². The number of hydrogen-bond acceptors (Lipinski definition) is 7. The van der Waals surface area contributed by atoms with Gasteiger partial charge in [-0.15, -0.1) is 0 Å². The van der Waals surface area contributed by atoms with Gasteiger partial charge in [0.15, 0.2) is 11.5 Å². The molecule has 0 unspecified atom stereocenters. The summed E-state index contributed by atoms with van der Waals surface area (Å²) in [6.07, 6.45) is 4.85. The first kappa shape index (κ1) is 16.8. The van der Waals surface area contributed by atoms with Crippen LogP contribution in [0.15, 0.2) is 55.1 Å². The molecule has 0 saturated carbocycles. The first-order valence-corrected chi connectivity index (χ1v) is 8.39. The molecule has 3 aromatic rings. The van der Waals surface area contributed by atoms with Crippen LogP contribution in [-0.4, -0.2) is 27.7 Å². The smallest absolute Gasteiger partial charge is 0.270 e. The molecule has 2 aromatic heterocycles. The van der Waals surface area contributed by atoms with Crippen molar-refractivity contribution in [1.82, 2.24) is 20.3 Å². The first-order valence-electron chi connectivity index (χ1n) is 8.39. The van der Waals surface area contributed by atoms with Gasteiger partial charge in [-0.1, -0.05) is 12.1 Å². The molecule has 8 nitrogen and oxygen atoms in total. The monoisotopic (exact) mass is 363 g/mol. The minimum Gasteiger partial charge on any atom is -0.454 e. The second-order valence-electron chi connectivity index (χ2n) is 5.87. The Labute approximate surface area is 155 Å². The van der Waals surface area contributed by atoms with Gasteiger partial charge < -0.3 is 20.1 Å². The van der Waals surface area contributed by atoms with E-state index >= 15 is 0 Å². The van der Waals surface area contributed by atoms with Crippen molar-refractivity contribution < 1.29 is 14.3 Å². The molecular formula is C19H17N5O3. The predicted octanol–water partition coefficient (Wildman–Crippen LogP) is 2.14. The molecular weight excluding hydrogens is 346 g/mol. The Kier molecular flexibility index (Phi) is 4.78. The number of nitrogens with one attached hydrogen (secondary N) is 2. The maximum Gasteiger partial charge on any atom is 0.270 e. The fourth-order valence-corrected chi connectivity index (χ4v) is 2.60. The van der Waals surface area contributed by atoms with Gasteiger partial charge in [-0.3, -0.25) is 9.78 Å². The lowest BCUT2D eigenvalue weighted by atomic mass is 10.2. The average Bonchev–Trinajstić information content (AvgIpc) is 3.19. The SMILES string of the molecule is O=C(NCc1ccc2c(c1)OCO2)c1cc(NCc2cccnc2)ncn1. The number of carbonyl (C=O) groups excluding carboxylic acids is 1. The van der Waals surface area contributed by atoms with Gasteiger partial charge in [0.25, 0.3) is 5.91 Å². The third kappa shape index (κ3) is 4.12. The van der Waals surface area contributed by atoms with Crippen molar-refractivity contribution in [2.24, 2.45) is 0 Å². The number of nitrogens with zero attached hydrogens (tertiary/aromatic N) is 3. The van der Waals surface area contributed by atoms with E-state index in [9.17, 15) is 4.79 Å². The van der Waals surface area contributed by atoms with Crippen LogP contribution < -0.4 is 20.1 Å². The second kappa shape index (κ2) is 7.69. The van der Waals surface area contributed by atoms with Gasteiger partial charge in [0, 0.05) is 31.5 Å². The zero-order valence-electron chi connectivity index (χ0n) is 14.4. The van der Waals surface area contributed by atoms with Crippen molar-refractivity contribution in [1.29, 1.82) is 0 Å². The summed E-state index contributed by atoms with van der Waals surface area (Å²) in [5, 5.41) is 6.00. The second-order valence-corrected chi connectivity index (χ2v) is 5.87. The summed E-state index contributed by atoms with van der Waals surface area (Å²) in [4.78, 5) is 24.6. The molecule has 1 aromatic carbocycles. The van der Waals surface area contributed by atoms with Gasteiger partial charge in [0.2, 0.25) is 6.79 Å². The van der Waals surface area contributed by atoms with Crippen LogP contribution in [0.3, 0.4) is 0 Å². The number of rotatable bonds is 6. The summed E-state index contributed by atoms with van der Waals surface area (Å²) in [7, 11) is 0. The summed E-state index contributed by atoms with van der Waals surface area (Å²) in [6, 6.07) is 11.0. The summed E-state index contributed by atoms with van der Waals surface area (Å²) in [6.45, 7) is 1.14. The van der Waals surface area contributed by atoms with E-state index in [0.717, 1.165) is 11.1 Å². The minimum atomic E-state index is -0.278. The molecule has 8 heteroatoms. The summed E-state index contributed by atoms with van der Waals surface area (Å²) in [5.41, 5.74) is 2.22. The highest BCUT2D eigenvalue weighted by Gasteiger charge is 2.14. The van der Waals surface area contributed by atoms with Crippen LogP contribution in [0.2, 0.25) is 0 Å². The molecule has 1 aliphatic rings. The van der Waals surface area contributed by atoms with Crippen LogP contribution in [0.1, 0.15) is 21.6 Å². The molecule has 4 rings (SSSR count). The lowest BCUT2D eigenvalue weighted by Gasteiger charge is -2.08. The maximum absolute atomic E-state index is 12.4. The van der Waals surface area contributed by atoms with Crippen molar-refractivity contribution in [3.05, 3.63) is 71.9 Å². The van der Waals surface area contributed by atoms with Crippen LogP contribution in [0.5, 0.6) is 11.5 Å². The molecule has 1 aliphatic heterocycles. The van der Waals surface area contributed by atoms with Crippen molar-refractivity contribution in [2.45, 2.75) is 13.1 Å². The highest BCUT2D eigenvalue weighted by molar-refractivity contribution is 5.92. The molecule has 0 fully saturated rings. The van der Waals surface area contributed by atoms with Crippen LogP contribution in [-0.2, 0) is 13.1 Å². The summed E-state index contributed by atoms with van der Waals surface area (Å²) in [5.74, 6) is 1.69. The normalized spacial score (nSPS) is 11.9. The maximum atomic E-state index is 12.4. The van der Waals surface area contributed by atoms with Gasteiger partial charge in [-0.2, -0.15) is 0 Å². The number of benzene rings is 1. The number of amides is 1. The Balaban J connectivity index is 1.36. The lowest BCUT2D eigenvalue weighted by molar-refractivity contribution is 0.0945. The Morgan fingerprint density at radius 2 is 1.96 bits per heavy atom. The van der Waals surface area contributed by atoms with Gasteiger partial charge in [0.05, 0.1) is 0 Å². The largest absolute Gasteiger partial charge is 0.454 e. The molecule has 0 radical (unpaired) electrons. The van der Waals surface area contributed by atoms with E-state index < -0.39 is 0 Å². The number of fused-ring (bicyclic) bond motifs is 1. The fraction of sp³-hybridized carbons (Fsp3) is 0.158. The van der Waals surface area contributed by atoms with E-state index in [-0.39, 0.29) is 12.7 Å². The lowest BCUT2D eigenvalue weighted by Crippen LogP contribution is -2.24. The Morgan fingerprint density at radius 1 is 1.04 bits per heavy atom. The quantitative estimate of drug-likeness (QED) is 0.692. The van der Waals surface area contributed by atoms with Crippen LogP contribution in [0.4, 0.5) is 5.82 Å². The van der Waals surface area contributed by atoms with Crippen molar-refractivity contribution >= 4 is 11.7 Å². The van der Waals surface area contributed by atoms with Gasteiger partial charge >= 0.3 is 0 Å². The standard InChI is InChI=1S/C19H17N5O3/c25-19(22-9-13-3-4-16-17(6-13)27-12-26-16)15-7-18(24-11-23-15)21-10-14-2-1-5-20-8-14/h1-8,11H,9-10,12H2,(H,22,25)(H,21,23,24). The van der Waals surface area contributed by atoms with E-state index in [1.807, 2.05) is 30.3 Å². The number of ether oxygens (including phenoxy) is 2. The number of hydrogen-bond donors (Lipinski definition) is 2. The van der Waals surface area contributed by atoms with Crippen molar-refractivity contribution in [3.8, 4) is 11.5 Å². The van der Waals surface area contributed by atoms with E-state index in [2.05, 4.69) is 25.6 Å². The Bertz CT molecular complexity index is 949. The topological polar surface area (TPSA) is 98.3 Å². The first-order chi connectivity index (χ1) is 13.3. The van der Waals surface area contributed by atoms with E-state index in [0.29, 0.717) is 36.1 Å². The molecule has 0 bridgehead atoms. The highest BCUT2D eigenvalue weighted by atomic mass is 16.7. The van der Waals surface area contributed by atoms with E-state index in [1.165, 1.54) is 6.33 Å². The third-order valence-corrected chi connectivity index (χ3v) is 3.99. The van der Waals surface area contributed by atoms with Gasteiger partial charge in [-0.05, 0) is 29.3 Å². The molecule has 0 saturated heterocycles. The fourth-order valence-electron chi connectivity index (χ4n) is 2.60. The molecule has 0 spiro atoms.